The molecule has 1 unspecified atom stereocenters. The number of hydrogen-bond acceptors (Lipinski definition) is 3. The molecule has 0 radical (unpaired) electrons. The van der Waals surface area contributed by atoms with Gasteiger partial charge in [-0.1, -0.05) is 30.4 Å². The Kier molecular flexibility index (Phi) is 4.46. The molecule has 0 aromatic carbocycles. The molecule has 2 rings (SSSR count). The Morgan fingerprint density at radius 3 is 2.81 bits per heavy atom. The van der Waals surface area contributed by atoms with E-state index in [0.29, 0.717) is 0 Å². The lowest BCUT2D eigenvalue weighted by Gasteiger charge is -2.21. The molecule has 2 heterocycles. The third-order valence-corrected chi connectivity index (χ3v) is 4.83. The summed E-state index contributed by atoms with van der Waals surface area (Å²) < 4.78 is 0.916. The van der Waals surface area contributed by atoms with Gasteiger partial charge < -0.3 is 10.2 Å². The van der Waals surface area contributed by atoms with Gasteiger partial charge >= 0.3 is 0 Å². The number of thiocarbonyl (C=S) groups is 1. The number of hydrogen-bond donors (Lipinski definition) is 1. The Morgan fingerprint density at radius 1 is 1.31 bits per heavy atom. The normalized spacial score (nSPS) is 26.4. The van der Waals surface area contributed by atoms with Crippen LogP contribution in [0.5, 0.6) is 0 Å². The van der Waals surface area contributed by atoms with Gasteiger partial charge in [-0.05, 0) is 25.7 Å². The van der Waals surface area contributed by atoms with Crippen LogP contribution in [0.2, 0.25) is 0 Å². The summed E-state index contributed by atoms with van der Waals surface area (Å²) in [5, 5.41) is 2.99. The minimum atomic E-state index is 0.0376. The molecule has 0 aromatic heterocycles. The third-order valence-electron chi connectivity index (χ3n) is 3.09. The van der Waals surface area contributed by atoms with Gasteiger partial charge in [-0.25, -0.2) is 0 Å². The lowest BCUT2D eigenvalue weighted by molar-refractivity contribution is -0.120. The van der Waals surface area contributed by atoms with Crippen LogP contribution in [0.4, 0.5) is 0 Å². The van der Waals surface area contributed by atoms with Gasteiger partial charge in [0.05, 0.1) is 5.25 Å². The van der Waals surface area contributed by atoms with E-state index in [0.717, 1.165) is 43.2 Å². The van der Waals surface area contributed by atoms with E-state index in [1.165, 1.54) is 12.8 Å². The van der Waals surface area contributed by atoms with Crippen LogP contribution in [0, 0.1) is 0 Å². The number of nitrogens with one attached hydrogen (secondary N) is 1. The minimum absolute atomic E-state index is 0.0376. The lowest BCUT2D eigenvalue weighted by atomic mass is 10.2. The number of amides is 1. The van der Waals surface area contributed by atoms with Gasteiger partial charge in [0, 0.05) is 19.6 Å². The fraction of sp³-hybridized carbons (Fsp3) is 0.818. The largest absolute Gasteiger partial charge is 0.358 e. The second kappa shape index (κ2) is 5.87. The molecule has 1 atom stereocenters. The summed E-state index contributed by atoms with van der Waals surface area (Å²) >= 11 is 6.99. The molecule has 16 heavy (non-hydrogen) atoms. The van der Waals surface area contributed by atoms with Gasteiger partial charge in [-0.15, -0.1) is 0 Å². The second-order valence-corrected chi connectivity index (χ2v) is 6.19. The first-order valence-corrected chi connectivity index (χ1v) is 7.29. The van der Waals surface area contributed by atoms with E-state index in [4.69, 9.17) is 12.2 Å². The Labute approximate surface area is 106 Å². The van der Waals surface area contributed by atoms with Crippen molar-refractivity contribution < 1.29 is 4.79 Å². The highest BCUT2D eigenvalue weighted by atomic mass is 32.2. The van der Waals surface area contributed by atoms with E-state index in [1.807, 2.05) is 0 Å². The number of carbonyl (C=O) groups excluding carboxylic acids is 1. The first-order chi connectivity index (χ1) is 7.77. The van der Waals surface area contributed by atoms with Crippen molar-refractivity contribution in [3.8, 4) is 0 Å². The van der Waals surface area contributed by atoms with Crippen molar-refractivity contribution >= 4 is 34.2 Å². The van der Waals surface area contributed by atoms with Crippen LogP contribution < -0.4 is 5.32 Å². The maximum atomic E-state index is 11.8. The summed E-state index contributed by atoms with van der Waals surface area (Å²) in [4.78, 5) is 14.0. The Morgan fingerprint density at radius 2 is 2.06 bits per heavy atom. The standard InChI is InChI=1S/C11H18N2OS2/c14-10-9(5-1-2-6-12-10)16-11(15)13-7-3-4-8-13/h9H,1-8H2,(H,12,14). The van der Waals surface area contributed by atoms with Crippen molar-refractivity contribution in [2.24, 2.45) is 0 Å². The van der Waals surface area contributed by atoms with Gasteiger partial charge in [0.1, 0.15) is 4.32 Å². The maximum absolute atomic E-state index is 11.8. The van der Waals surface area contributed by atoms with Crippen LogP contribution in [0.15, 0.2) is 0 Å². The SMILES string of the molecule is O=C1NCCCCC1SC(=S)N1CCCC1. The van der Waals surface area contributed by atoms with Gasteiger partial charge in [-0.3, -0.25) is 4.79 Å². The molecule has 2 aliphatic rings. The molecular formula is C11H18N2OS2. The third kappa shape index (κ3) is 3.10. The Bertz CT molecular complexity index is 277. The van der Waals surface area contributed by atoms with Gasteiger partial charge in [0.25, 0.3) is 0 Å². The predicted molar refractivity (Wildman–Crippen MR) is 71.6 cm³/mol. The molecule has 2 fully saturated rings. The summed E-state index contributed by atoms with van der Waals surface area (Å²) in [6.07, 6.45) is 5.65. The van der Waals surface area contributed by atoms with E-state index in [2.05, 4.69) is 10.2 Å². The molecule has 1 amide bonds. The summed E-state index contributed by atoms with van der Waals surface area (Å²) in [6, 6.07) is 0. The van der Waals surface area contributed by atoms with Crippen molar-refractivity contribution in [2.45, 2.75) is 37.4 Å². The van der Waals surface area contributed by atoms with Gasteiger partial charge in [0.2, 0.25) is 5.91 Å². The van der Waals surface area contributed by atoms with Gasteiger partial charge in [0.15, 0.2) is 0 Å². The van der Waals surface area contributed by atoms with Crippen molar-refractivity contribution in [3.05, 3.63) is 0 Å². The van der Waals surface area contributed by atoms with Crippen molar-refractivity contribution in [2.75, 3.05) is 19.6 Å². The van der Waals surface area contributed by atoms with E-state index in [-0.39, 0.29) is 11.2 Å². The van der Waals surface area contributed by atoms with Gasteiger partial charge in [-0.2, -0.15) is 0 Å². The van der Waals surface area contributed by atoms with Crippen LogP contribution in [0.25, 0.3) is 0 Å². The van der Waals surface area contributed by atoms with Crippen molar-refractivity contribution in [3.63, 3.8) is 0 Å². The summed E-state index contributed by atoms with van der Waals surface area (Å²) in [5.74, 6) is 0.170. The minimum Gasteiger partial charge on any atom is -0.358 e. The molecule has 2 aliphatic heterocycles. The number of carbonyl (C=O) groups is 1. The molecular weight excluding hydrogens is 240 g/mol. The van der Waals surface area contributed by atoms with Crippen LogP contribution >= 0.6 is 24.0 Å². The molecule has 2 saturated heterocycles. The number of likely N-dealkylation sites (tertiary alicyclic amines) is 1. The molecule has 0 spiro atoms. The summed E-state index contributed by atoms with van der Waals surface area (Å²) in [6.45, 7) is 2.96. The highest BCUT2D eigenvalue weighted by Gasteiger charge is 2.25. The first-order valence-electron chi connectivity index (χ1n) is 6.00. The topological polar surface area (TPSA) is 32.3 Å². The van der Waals surface area contributed by atoms with Crippen molar-refractivity contribution in [1.82, 2.24) is 10.2 Å². The van der Waals surface area contributed by atoms with Crippen LogP contribution in [-0.4, -0.2) is 40.0 Å². The molecule has 1 N–H and O–H groups in total. The molecule has 0 bridgehead atoms. The summed E-state index contributed by atoms with van der Waals surface area (Å²) in [7, 11) is 0. The number of rotatable bonds is 1. The van der Waals surface area contributed by atoms with Crippen LogP contribution in [0.1, 0.15) is 32.1 Å². The molecule has 90 valence electrons. The van der Waals surface area contributed by atoms with Crippen molar-refractivity contribution in [1.29, 1.82) is 0 Å². The first kappa shape index (κ1) is 12.2. The zero-order chi connectivity index (χ0) is 11.4. The van der Waals surface area contributed by atoms with Crippen LogP contribution in [0.3, 0.4) is 0 Å². The second-order valence-electron chi connectivity index (χ2n) is 4.35. The molecule has 0 saturated carbocycles. The molecule has 0 aromatic rings. The lowest BCUT2D eigenvalue weighted by Crippen LogP contribution is -2.33. The smallest absolute Gasteiger partial charge is 0.233 e. The number of nitrogens with zero attached hydrogens (tertiary/aromatic N) is 1. The highest BCUT2D eigenvalue weighted by molar-refractivity contribution is 8.23. The zero-order valence-corrected chi connectivity index (χ0v) is 11.0. The van der Waals surface area contributed by atoms with E-state index < -0.39 is 0 Å². The van der Waals surface area contributed by atoms with E-state index in [9.17, 15) is 4.79 Å². The monoisotopic (exact) mass is 258 g/mol. The fourth-order valence-corrected chi connectivity index (χ4v) is 3.70. The predicted octanol–water partition coefficient (Wildman–Crippen LogP) is 1.77. The quantitative estimate of drug-likeness (QED) is 0.727. The average Bonchev–Trinajstić information content (AvgIpc) is 2.73. The molecule has 0 aliphatic carbocycles. The van der Waals surface area contributed by atoms with Crippen LogP contribution in [-0.2, 0) is 4.79 Å². The maximum Gasteiger partial charge on any atom is 0.233 e. The summed E-state index contributed by atoms with van der Waals surface area (Å²) in [5.41, 5.74) is 0. The van der Waals surface area contributed by atoms with E-state index in [1.54, 1.807) is 11.8 Å². The average molecular weight is 258 g/mol. The fourth-order valence-electron chi connectivity index (χ4n) is 2.12. The molecule has 5 heteroatoms. The number of thioether (sulfide) groups is 1. The highest BCUT2D eigenvalue weighted by Crippen LogP contribution is 2.25. The zero-order valence-electron chi connectivity index (χ0n) is 9.41. The Hall–Kier alpha value is -0.290. The Balaban J connectivity index is 1.86. The molecule has 3 nitrogen and oxygen atoms in total. The van der Waals surface area contributed by atoms with E-state index >= 15 is 0 Å².